The highest BCUT2D eigenvalue weighted by Crippen LogP contribution is 2.48. The Labute approximate surface area is 171 Å². The Morgan fingerprint density at radius 2 is 1.54 bits per heavy atom. The van der Waals surface area contributed by atoms with Crippen molar-refractivity contribution in [3.8, 4) is 0 Å². The molecule has 0 aliphatic rings. The second-order valence-corrected chi connectivity index (χ2v) is 11.7. The van der Waals surface area contributed by atoms with E-state index in [1.807, 2.05) is 0 Å². The van der Waals surface area contributed by atoms with Crippen molar-refractivity contribution < 1.29 is 28.4 Å². The summed E-state index contributed by atoms with van der Waals surface area (Å²) in [6.07, 6.45) is 3.99. The number of amides is 1. The number of phosphoric acid groups is 1. The van der Waals surface area contributed by atoms with Crippen molar-refractivity contribution in [2.45, 2.75) is 99.2 Å². The fraction of sp³-hybridized carbons (Fsp3) is 0.950. The first kappa shape index (κ1) is 27.5. The molecule has 8 heteroatoms. The van der Waals surface area contributed by atoms with Crippen LogP contribution in [0.4, 0.5) is 0 Å². The summed E-state index contributed by atoms with van der Waals surface area (Å²) in [4.78, 5) is 21.9. The average Bonchev–Trinajstić information content (AvgIpc) is 2.48. The van der Waals surface area contributed by atoms with Gasteiger partial charge in [-0.15, -0.1) is 0 Å². The molecule has 0 spiro atoms. The molecule has 0 rings (SSSR count). The van der Waals surface area contributed by atoms with Gasteiger partial charge in [-0.2, -0.15) is 0 Å². The van der Waals surface area contributed by atoms with Crippen molar-refractivity contribution in [2.24, 2.45) is 10.8 Å². The minimum absolute atomic E-state index is 0.293. The maximum Gasteiger partial charge on any atom is 0.472 e. The highest BCUT2D eigenvalue weighted by molar-refractivity contribution is 7.47. The van der Waals surface area contributed by atoms with Crippen LogP contribution < -0.4 is 5.32 Å². The fourth-order valence-corrected chi connectivity index (χ4v) is 3.74. The van der Waals surface area contributed by atoms with Crippen LogP contribution in [-0.2, 0) is 18.4 Å². The summed E-state index contributed by atoms with van der Waals surface area (Å²) in [7, 11) is -4.27. The van der Waals surface area contributed by atoms with Gasteiger partial charge in [-0.3, -0.25) is 13.8 Å². The topological polar surface area (TPSA) is 105 Å². The highest BCUT2D eigenvalue weighted by atomic mass is 31.2. The van der Waals surface area contributed by atoms with Crippen LogP contribution in [0.2, 0.25) is 0 Å². The lowest BCUT2D eigenvalue weighted by Gasteiger charge is -2.31. The molecule has 0 saturated heterocycles. The standard InChI is InChI=1S/C20H42NO6P/c1-18(2,3)13-11-9-10-12-14-21-17(23)16(22)20(7,8)15-26-28(24,25)27-19(4,5)6/h16,22H,9-15H2,1-8H3,(H,21,23)(H,24,25). The molecular weight excluding hydrogens is 381 g/mol. The normalized spacial score (nSPS) is 16.5. The molecule has 168 valence electrons. The Hall–Kier alpha value is -0.460. The van der Waals surface area contributed by atoms with Crippen LogP contribution in [0.5, 0.6) is 0 Å². The van der Waals surface area contributed by atoms with Crippen molar-refractivity contribution in [3.05, 3.63) is 0 Å². The van der Waals surface area contributed by atoms with Gasteiger partial charge < -0.3 is 15.3 Å². The predicted molar refractivity (Wildman–Crippen MR) is 112 cm³/mol. The smallest absolute Gasteiger partial charge is 0.383 e. The molecule has 0 fully saturated rings. The molecule has 0 aromatic heterocycles. The van der Waals surface area contributed by atoms with Crippen LogP contribution in [0.1, 0.15) is 87.5 Å². The molecule has 2 unspecified atom stereocenters. The Morgan fingerprint density at radius 3 is 2.04 bits per heavy atom. The maximum absolute atomic E-state index is 12.2. The summed E-state index contributed by atoms with van der Waals surface area (Å²) in [6.45, 7) is 15.0. The van der Waals surface area contributed by atoms with Gasteiger partial charge in [0.05, 0.1) is 12.2 Å². The van der Waals surface area contributed by atoms with Gasteiger partial charge in [0.25, 0.3) is 0 Å². The van der Waals surface area contributed by atoms with Crippen LogP contribution in [0.25, 0.3) is 0 Å². The lowest BCUT2D eigenvalue weighted by Crippen LogP contribution is -2.46. The van der Waals surface area contributed by atoms with Crippen LogP contribution >= 0.6 is 7.82 Å². The quantitative estimate of drug-likeness (QED) is 0.317. The molecule has 3 N–H and O–H groups in total. The number of hydrogen-bond donors (Lipinski definition) is 3. The Morgan fingerprint density at radius 1 is 1.00 bits per heavy atom. The zero-order chi connectivity index (χ0) is 22.2. The number of carbonyl (C=O) groups is 1. The molecule has 0 bridgehead atoms. The fourth-order valence-electron chi connectivity index (χ4n) is 2.50. The van der Waals surface area contributed by atoms with Gasteiger partial charge in [0.1, 0.15) is 6.10 Å². The van der Waals surface area contributed by atoms with E-state index in [1.54, 1.807) is 34.6 Å². The monoisotopic (exact) mass is 423 g/mol. The number of nitrogens with one attached hydrogen (secondary N) is 1. The van der Waals surface area contributed by atoms with E-state index in [-0.39, 0.29) is 6.61 Å². The number of unbranched alkanes of at least 4 members (excludes halogenated alkanes) is 3. The molecule has 0 saturated carbocycles. The lowest BCUT2D eigenvalue weighted by atomic mass is 9.87. The van der Waals surface area contributed by atoms with E-state index < -0.39 is 30.8 Å². The van der Waals surface area contributed by atoms with E-state index in [2.05, 4.69) is 26.1 Å². The SMILES string of the molecule is CC(C)(C)CCCCCCNC(=O)C(O)C(C)(C)COP(=O)(O)OC(C)(C)C. The van der Waals surface area contributed by atoms with E-state index in [1.165, 1.54) is 12.8 Å². The average molecular weight is 424 g/mol. The van der Waals surface area contributed by atoms with E-state index in [0.717, 1.165) is 19.3 Å². The molecule has 0 aliphatic heterocycles. The number of carbonyl (C=O) groups excluding carboxylic acids is 1. The minimum Gasteiger partial charge on any atom is -0.383 e. The van der Waals surface area contributed by atoms with Crippen molar-refractivity contribution >= 4 is 13.7 Å². The third-order valence-corrected chi connectivity index (χ3v) is 5.36. The molecule has 2 atom stereocenters. The Bertz CT molecular complexity index is 522. The Balaban J connectivity index is 4.26. The first-order chi connectivity index (χ1) is 12.5. The molecular formula is C20H42NO6P. The molecule has 0 radical (unpaired) electrons. The molecule has 0 aromatic carbocycles. The van der Waals surface area contributed by atoms with Gasteiger partial charge in [-0.25, -0.2) is 4.57 Å². The number of phosphoric ester groups is 1. The summed E-state index contributed by atoms with van der Waals surface area (Å²) in [5.74, 6) is -0.507. The number of aliphatic hydroxyl groups excluding tert-OH is 1. The van der Waals surface area contributed by atoms with Crippen LogP contribution in [0.15, 0.2) is 0 Å². The minimum atomic E-state index is -4.27. The molecule has 0 aromatic rings. The van der Waals surface area contributed by atoms with Crippen molar-refractivity contribution in [2.75, 3.05) is 13.2 Å². The van der Waals surface area contributed by atoms with Crippen LogP contribution in [-0.4, -0.2) is 40.8 Å². The van der Waals surface area contributed by atoms with Gasteiger partial charge in [-0.05, 0) is 39.0 Å². The molecule has 28 heavy (non-hydrogen) atoms. The van der Waals surface area contributed by atoms with Crippen molar-refractivity contribution in [1.82, 2.24) is 5.32 Å². The van der Waals surface area contributed by atoms with Crippen molar-refractivity contribution in [1.29, 1.82) is 0 Å². The highest BCUT2D eigenvalue weighted by Gasteiger charge is 2.37. The van der Waals surface area contributed by atoms with Gasteiger partial charge in [0.15, 0.2) is 0 Å². The van der Waals surface area contributed by atoms with Gasteiger partial charge in [-0.1, -0.05) is 53.9 Å². The van der Waals surface area contributed by atoms with E-state index in [9.17, 15) is 19.4 Å². The van der Waals surface area contributed by atoms with E-state index in [4.69, 9.17) is 9.05 Å². The summed E-state index contributed by atoms with van der Waals surface area (Å²) in [5, 5.41) is 13.0. The Kier molecular flexibility index (Phi) is 10.9. The summed E-state index contributed by atoms with van der Waals surface area (Å²) < 4.78 is 21.9. The number of hydrogen-bond acceptors (Lipinski definition) is 5. The largest absolute Gasteiger partial charge is 0.472 e. The molecule has 0 heterocycles. The zero-order valence-electron chi connectivity index (χ0n) is 19.0. The third-order valence-electron chi connectivity index (χ3n) is 4.13. The number of rotatable bonds is 12. The van der Waals surface area contributed by atoms with Crippen LogP contribution in [0.3, 0.4) is 0 Å². The second-order valence-electron chi connectivity index (χ2n) is 10.4. The summed E-state index contributed by atoms with van der Waals surface area (Å²) >= 11 is 0. The maximum atomic E-state index is 12.2. The van der Waals surface area contributed by atoms with Crippen molar-refractivity contribution in [3.63, 3.8) is 0 Å². The van der Waals surface area contributed by atoms with E-state index >= 15 is 0 Å². The predicted octanol–water partition coefficient (Wildman–Crippen LogP) is 4.42. The third kappa shape index (κ3) is 13.7. The summed E-state index contributed by atoms with van der Waals surface area (Å²) in [5.41, 5.74) is -1.55. The van der Waals surface area contributed by atoms with Gasteiger partial charge in [0, 0.05) is 12.0 Å². The first-order valence-electron chi connectivity index (χ1n) is 10.1. The number of aliphatic hydroxyl groups is 1. The van der Waals surface area contributed by atoms with Gasteiger partial charge >= 0.3 is 7.82 Å². The van der Waals surface area contributed by atoms with Gasteiger partial charge in [0.2, 0.25) is 5.91 Å². The van der Waals surface area contributed by atoms with Crippen LogP contribution in [0, 0.1) is 10.8 Å². The summed E-state index contributed by atoms with van der Waals surface area (Å²) in [6, 6.07) is 0. The lowest BCUT2D eigenvalue weighted by molar-refractivity contribution is -0.137. The molecule has 1 amide bonds. The van der Waals surface area contributed by atoms with E-state index in [0.29, 0.717) is 12.0 Å². The first-order valence-corrected chi connectivity index (χ1v) is 11.6. The molecule has 0 aliphatic carbocycles. The second kappa shape index (κ2) is 11.1. The molecule has 7 nitrogen and oxygen atoms in total. The zero-order valence-corrected chi connectivity index (χ0v) is 19.9.